The van der Waals surface area contributed by atoms with Crippen LogP contribution in [-0.4, -0.2) is 23.1 Å². The molecule has 20 heavy (non-hydrogen) atoms. The fourth-order valence-electron chi connectivity index (χ4n) is 3.85. The molecular formula is C18H19NO. The second-order valence-electron chi connectivity index (χ2n) is 5.93. The van der Waals surface area contributed by atoms with Crippen LogP contribution in [0.3, 0.4) is 0 Å². The zero-order chi connectivity index (χ0) is 13.5. The van der Waals surface area contributed by atoms with Gasteiger partial charge in [-0.1, -0.05) is 36.4 Å². The Balaban J connectivity index is 1.80. The van der Waals surface area contributed by atoms with E-state index in [1.54, 1.807) is 12.1 Å². The van der Waals surface area contributed by atoms with Gasteiger partial charge in [0.1, 0.15) is 5.75 Å². The van der Waals surface area contributed by atoms with E-state index in [0.29, 0.717) is 17.7 Å². The maximum Gasteiger partial charge on any atom is 0.115 e. The third-order valence-corrected chi connectivity index (χ3v) is 4.81. The van der Waals surface area contributed by atoms with E-state index in [4.69, 9.17) is 0 Å². The van der Waals surface area contributed by atoms with Gasteiger partial charge in [0.05, 0.1) is 0 Å². The first-order valence-corrected chi connectivity index (χ1v) is 7.45. The molecule has 1 N–H and O–H groups in total. The van der Waals surface area contributed by atoms with Crippen LogP contribution < -0.4 is 0 Å². The lowest BCUT2D eigenvalue weighted by Crippen LogP contribution is -2.34. The number of benzene rings is 2. The Morgan fingerprint density at radius 2 is 1.70 bits per heavy atom. The van der Waals surface area contributed by atoms with Gasteiger partial charge in [0.15, 0.2) is 0 Å². The van der Waals surface area contributed by atoms with E-state index in [2.05, 4.69) is 41.3 Å². The molecule has 2 heteroatoms. The minimum absolute atomic E-state index is 0.344. The monoisotopic (exact) mass is 265 g/mol. The second kappa shape index (κ2) is 4.64. The topological polar surface area (TPSA) is 23.5 Å². The van der Waals surface area contributed by atoms with E-state index >= 15 is 0 Å². The van der Waals surface area contributed by atoms with Gasteiger partial charge in [0.2, 0.25) is 0 Å². The van der Waals surface area contributed by atoms with E-state index in [1.807, 2.05) is 0 Å². The van der Waals surface area contributed by atoms with Crippen molar-refractivity contribution < 1.29 is 5.11 Å². The van der Waals surface area contributed by atoms with Crippen molar-refractivity contribution in [3.05, 3.63) is 65.2 Å². The predicted molar refractivity (Wildman–Crippen MR) is 79.9 cm³/mol. The van der Waals surface area contributed by atoms with Gasteiger partial charge in [-0.05, 0) is 48.2 Å². The number of hydrogen-bond acceptors (Lipinski definition) is 2. The molecule has 0 radical (unpaired) electrons. The van der Waals surface area contributed by atoms with Crippen molar-refractivity contribution in [2.45, 2.75) is 24.8 Å². The van der Waals surface area contributed by atoms with Crippen molar-refractivity contribution in [1.82, 2.24) is 4.90 Å². The normalized spacial score (nSPS) is 25.2. The molecule has 2 aliphatic heterocycles. The van der Waals surface area contributed by atoms with Gasteiger partial charge >= 0.3 is 0 Å². The third-order valence-electron chi connectivity index (χ3n) is 4.81. The van der Waals surface area contributed by atoms with Crippen LogP contribution in [0.4, 0.5) is 0 Å². The molecule has 0 saturated carbocycles. The summed E-state index contributed by atoms with van der Waals surface area (Å²) in [6, 6.07) is 17.2. The Morgan fingerprint density at radius 1 is 0.950 bits per heavy atom. The predicted octanol–water partition coefficient (Wildman–Crippen LogP) is 3.67. The van der Waals surface area contributed by atoms with Crippen molar-refractivity contribution in [1.29, 1.82) is 0 Å². The molecule has 0 aromatic heterocycles. The minimum Gasteiger partial charge on any atom is -0.508 e. The molecule has 0 bridgehead atoms. The van der Waals surface area contributed by atoms with E-state index in [1.165, 1.54) is 36.1 Å². The molecule has 0 aliphatic carbocycles. The fourth-order valence-corrected chi connectivity index (χ4v) is 3.85. The van der Waals surface area contributed by atoms with Gasteiger partial charge in [-0.25, -0.2) is 0 Å². The lowest BCUT2D eigenvalue weighted by molar-refractivity contribution is 0.230. The van der Waals surface area contributed by atoms with Crippen molar-refractivity contribution in [2.24, 2.45) is 0 Å². The number of nitrogens with zero attached hydrogens (tertiary/aromatic N) is 1. The summed E-state index contributed by atoms with van der Waals surface area (Å²) in [5.41, 5.74) is 4.29. The summed E-state index contributed by atoms with van der Waals surface area (Å²) >= 11 is 0. The molecule has 0 spiro atoms. The van der Waals surface area contributed by atoms with Crippen molar-refractivity contribution in [2.75, 3.05) is 13.1 Å². The molecular weight excluding hydrogens is 246 g/mol. The fraction of sp³-hybridized carbons (Fsp3) is 0.333. The number of phenolic OH excluding ortho intramolecular Hbond substituents is 1. The van der Waals surface area contributed by atoms with Crippen molar-refractivity contribution in [3.63, 3.8) is 0 Å². The first-order chi connectivity index (χ1) is 9.83. The summed E-state index contributed by atoms with van der Waals surface area (Å²) in [6.45, 7) is 2.32. The standard InChI is InChI=1S/C18H19NO/c20-14-9-7-13(8-10-14)17-12-19-11-3-6-18(19)16-5-2-1-4-15(16)17/h1-2,4-5,7-10,17-18,20H,3,6,11-12H2/t17-,18+/m0/s1. The van der Waals surface area contributed by atoms with E-state index in [9.17, 15) is 5.11 Å². The van der Waals surface area contributed by atoms with Crippen LogP contribution in [0.2, 0.25) is 0 Å². The van der Waals surface area contributed by atoms with Gasteiger partial charge < -0.3 is 5.11 Å². The summed E-state index contributed by atoms with van der Waals surface area (Å²) in [4.78, 5) is 2.62. The summed E-state index contributed by atoms with van der Waals surface area (Å²) in [5, 5.41) is 9.49. The molecule has 1 saturated heterocycles. The van der Waals surface area contributed by atoms with E-state index < -0.39 is 0 Å². The average Bonchev–Trinajstić information content (AvgIpc) is 2.96. The lowest BCUT2D eigenvalue weighted by Gasteiger charge is -2.37. The highest BCUT2D eigenvalue weighted by molar-refractivity contribution is 5.43. The Labute approximate surface area is 119 Å². The van der Waals surface area contributed by atoms with Crippen molar-refractivity contribution >= 4 is 0 Å². The zero-order valence-corrected chi connectivity index (χ0v) is 11.5. The second-order valence-corrected chi connectivity index (χ2v) is 5.93. The summed E-state index contributed by atoms with van der Waals surface area (Å²) < 4.78 is 0. The minimum atomic E-state index is 0.344. The number of aromatic hydroxyl groups is 1. The highest BCUT2D eigenvalue weighted by Gasteiger charge is 2.35. The van der Waals surface area contributed by atoms with Crippen LogP contribution in [0, 0.1) is 0 Å². The molecule has 2 aromatic rings. The van der Waals surface area contributed by atoms with Crippen LogP contribution in [0.5, 0.6) is 5.75 Å². The molecule has 4 rings (SSSR count). The molecule has 2 nitrogen and oxygen atoms in total. The number of rotatable bonds is 1. The van der Waals surface area contributed by atoms with E-state index in [-0.39, 0.29) is 0 Å². The van der Waals surface area contributed by atoms with Gasteiger partial charge in [0, 0.05) is 18.5 Å². The van der Waals surface area contributed by atoms with Crippen molar-refractivity contribution in [3.8, 4) is 5.75 Å². The Kier molecular flexibility index (Phi) is 2.78. The molecule has 0 amide bonds. The van der Waals surface area contributed by atoms with Gasteiger partial charge in [-0.2, -0.15) is 0 Å². The van der Waals surface area contributed by atoms with Crippen LogP contribution >= 0.6 is 0 Å². The molecule has 1 fully saturated rings. The molecule has 2 atom stereocenters. The smallest absolute Gasteiger partial charge is 0.115 e. The summed E-state index contributed by atoms with van der Waals surface area (Å²) in [6.07, 6.45) is 2.60. The van der Waals surface area contributed by atoms with Gasteiger partial charge in [0.25, 0.3) is 0 Å². The largest absolute Gasteiger partial charge is 0.508 e. The molecule has 0 unspecified atom stereocenters. The Bertz CT molecular complexity index is 620. The SMILES string of the molecule is Oc1ccc([C@@H]2CN3CCC[C@@H]3c3ccccc32)cc1. The Morgan fingerprint density at radius 3 is 2.50 bits per heavy atom. The highest BCUT2D eigenvalue weighted by Crippen LogP contribution is 2.44. The Hall–Kier alpha value is -1.80. The van der Waals surface area contributed by atoms with Crippen LogP contribution in [0.1, 0.15) is 41.5 Å². The molecule has 2 heterocycles. The quantitative estimate of drug-likeness (QED) is 0.850. The number of hydrogen-bond donors (Lipinski definition) is 1. The maximum atomic E-state index is 9.49. The van der Waals surface area contributed by atoms with Crippen LogP contribution in [0.25, 0.3) is 0 Å². The van der Waals surface area contributed by atoms with Gasteiger partial charge in [-0.15, -0.1) is 0 Å². The maximum absolute atomic E-state index is 9.49. The molecule has 2 aliphatic rings. The number of fused-ring (bicyclic) bond motifs is 3. The third kappa shape index (κ3) is 1.83. The van der Waals surface area contributed by atoms with E-state index in [0.717, 1.165) is 6.54 Å². The molecule has 2 aromatic carbocycles. The zero-order valence-electron chi connectivity index (χ0n) is 11.5. The first kappa shape index (κ1) is 12.0. The molecule has 102 valence electrons. The number of phenols is 1. The summed E-state index contributed by atoms with van der Waals surface area (Å²) in [7, 11) is 0. The summed E-state index contributed by atoms with van der Waals surface area (Å²) in [5.74, 6) is 0.776. The average molecular weight is 265 g/mol. The lowest BCUT2D eigenvalue weighted by atomic mass is 9.82. The highest BCUT2D eigenvalue weighted by atomic mass is 16.3. The van der Waals surface area contributed by atoms with Gasteiger partial charge in [-0.3, -0.25) is 4.90 Å². The van der Waals surface area contributed by atoms with Crippen LogP contribution in [0.15, 0.2) is 48.5 Å². The van der Waals surface area contributed by atoms with Crippen LogP contribution in [-0.2, 0) is 0 Å². The first-order valence-electron chi connectivity index (χ1n) is 7.45.